The molecule has 2 aromatic rings. The number of ether oxygens (including phenoxy) is 1. The van der Waals surface area contributed by atoms with E-state index in [1.165, 1.54) is 109 Å². The second kappa shape index (κ2) is 21.0. The molecule has 36 heavy (non-hydrogen) atoms. The van der Waals surface area contributed by atoms with Gasteiger partial charge >= 0.3 is 5.97 Å². The van der Waals surface area contributed by atoms with Crippen LogP contribution in [0.4, 0.5) is 0 Å². The van der Waals surface area contributed by atoms with Gasteiger partial charge in [-0.15, -0.1) is 0 Å². The Kier molecular flexibility index (Phi) is 17.6. The average molecular weight is 493 g/mol. The SMILES string of the molecule is CCCCCCCCCCCCCCCCCCCCCC(=O)Oc1ccccc1-c1ccccc1. The van der Waals surface area contributed by atoms with E-state index in [1.807, 2.05) is 54.6 Å². The average Bonchev–Trinajstić information content (AvgIpc) is 2.91. The van der Waals surface area contributed by atoms with Gasteiger partial charge < -0.3 is 4.74 Å². The van der Waals surface area contributed by atoms with Gasteiger partial charge in [0.05, 0.1) is 0 Å². The first kappa shape index (κ1) is 30.1. The summed E-state index contributed by atoms with van der Waals surface area (Å²) in [6.45, 7) is 2.29. The number of carbonyl (C=O) groups excluding carboxylic acids is 1. The Bertz CT molecular complexity index is 783. The lowest BCUT2D eigenvalue weighted by Gasteiger charge is -2.10. The van der Waals surface area contributed by atoms with Crippen molar-refractivity contribution in [2.24, 2.45) is 0 Å². The fraction of sp³-hybridized carbons (Fsp3) is 0.618. The first-order valence-electron chi connectivity index (χ1n) is 15.2. The van der Waals surface area contributed by atoms with Crippen LogP contribution in [0, 0.1) is 0 Å². The topological polar surface area (TPSA) is 26.3 Å². The van der Waals surface area contributed by atoms with E-state index in [0.717, 1.165) is 24.0 Å². The molecule has 0 heterocycles. The number of hydrogen-bond donors (Lipinski definition) is 0. The Morgan fingerprint density at radius 2 is 0.944 bits per heavy atom. The van der Waals surface area contributed by atoms with Crippen molar-refractivity contribution in [3.63, 3.8) is 0 Å². The summed E-state index contributed by atoms with van der Waals surface area (Å²) in [5.74, 6) is 0.539. The highest BCUT2D eigenvalue weighted by Crippen LogP contribution is 2.30. The van der Waals surface area contributed by atoms with Crippen LogP contribution >= 0.6 is 0 Å². The smallest absolute Gasteiger partial charge is 0.311 e. The minimum Gasteiger partial charge on any atom is -0.426 e. The third kappa shape index (κ3) is 14.5. The third-order valence-electron chi connectivity index (χ3n) is 7.18. The molecule has 0 N–H and O–H groups in total. The number of esters is 1. The zero-order valence-electron chi connectivity index (χ0n) is 23.2. The molecule has 0 amide bonds. The zero-order valence-corrected chi connectivity index (χ0v) is 23.2. The second-order valence-corrected chi connectivity index (χ2v) is 10.5. The van der Waals surface area contributed by atoms with Crippen molar-refractivity contribution in [1.29, 1.82) is 0 Å². The highest BCUT2D eigenvalue weighted by Gasteiger charge is 2.10. The molecular weight excluding hydrogens is 440 g/mol. The molecule has 0 radical (unpaired) electrons. The van der Waals surface area contributed by atoms with Gasteiger partial charge in [-0.2, -0.15) is 0 Å². The van der Waals surface area contributed by atoms with Crippen LogP contribution in [-0.4, -0.2) is 5.97 Å². The van der Waals surface area contributed by atoms with Gasteiger partial charge in [-0.05, 0) is 18.1 Å². The molecule has 0 bridgehead atoms. The molecule has 0 saturated heterocycles. The van der Waals surface area contributed by atoms with E-state index in [0.29, 0.717) is 12.2 Å². The van der Waals surface area contributed by atoms with E-state index in [9.17, 15) is 4.79 Å². The fourth-order valence-electron chi connectivity index (χ4n) is 4.93. The molecule has 0 spiro atoms. The van der Waals surface area contributed by atoms with E-state index in [4.69, 9.17) is 4.74 Å². The minimum absolute atomic E-state index is 0.120. The monoisotopic (exact) mass is 492 g/mol. The van der Waals surface area contributed by atoms with Crippen LogP contribution in [0.25, 0.3) is 11.1 Å². The van der Waals surface area contributed by atoms with Crippen LogP contribution in [0.2, 0.25) is 0 Å². The van der Waals surface area contributed by atoms with Gasteiger partial charge in [0.2, 0.25) is 0 Å². The molecule has 0 aromatic heterocycles. The molecule has 0 atom stereocenters. The number of unbranched alkanes of at least 4 members (excludes halogenated alkanes) is 18. The highest BCUT2D eigenvalue weighted by molar-refractivity contribution is 5.77. The van der Waals surface area contributed by atoms with Gasteiger partial charge in [-0.25, -0.2) is 0 Å². The van der Waals surface area contributed by atoms with Crippen LogP contribution in [0.15, 0.2) is 54.6 Å². The Labute approximate surface area is 222 Å². The summed E-state index contributed by atoms with van der Waals surface area (Å²) in [4.78, 5) is 12.4. The van der Waals surface area contributed by atoms with Gasteiger partial charge in [0, 0.05) is 12.0 Å². The maximum atomic E-state index is 12.4. The van der Waals surface area contributed by atoms with Gasteiger partial charge in [0.25, 0.3) is 0 Å². The lowest BCUT2D eigenvalue weighted by atomic mass is 10.0. The minimum atomic E-state index is -0.120. The summed E-state index contributed by atoms with van der Waals surface area (Å²) in [5, 5.41) is 0. The van der Waals surface area contributed by atoms with Crippen LogP contribution in [0.3, 0.4) is 0 Å². The predicted octanol–water partition coefficient (Wildman–Crippen LogP) is 11.1. The van der Waals surface area contributed by atoms with E-state index >= 15 is 0 Å². The molecule has 0 aliphatic carbocycles. The molecule has 200 valence electrons. The molecule has 0 aliphatic rings. The van der Waals surface area contributed by atoms with Crippen molar-refractivity contribution in [3.8, 4) is 16.9 Å². The normalized spacial score (nSPS) is 11.0. The Hall–Kier alpha value is -2.09. The van der Waals surface area contributed by atoms with Gasteiger partial charge in [0.15, 0.2) is 0 Å². The molecule has 0 aliphatic heterocycles. The number of carbonyl (C=O) groups is 1. The number of hydrogen-bond acceptors (Lipinski definition) is 2. The maximum Gasteiger partial charge on any atom is 0.311 e. The molecule has 2 rings (SSSR count). The van der Waals surface area contributed by atoms with Crippen LogP contribution in [0.5, 0.6) is 5.75 Å². The summed E-state index contributed by atoms with van der Waals surface area (Å²) < 4.78 is 5.70. The Morgan fingerprint density at radius 1 is 0.528 bits per heavy atom. The van der Waals surface area contributed by atoms with Crippen LogP contribution in [0.1, 0.15) is 135 Å². The number of benzene rings is 2. The molecule has 2 aromatic carbocycles. The molecule has 2 nitrogen and oxygen atoms in total. The summed E-state index contributed by atoms with van der Waals surface area (Å²) in [6.07, 6.45) is 26.3. The van der Waals surface area contributed by atoms with Crippen molar-refractivity contribution in [3.05, 3.63) is 54.6 Å². The summed E-state index contributed by atoms with van der Waals surface area (Å²) in [7, 11) is 0. The molecular formula is C34H52O2. The molecule has 0 saturated carbocycles. The molecule has 2 heteroatoms. The van der Waals surface area contributed by atoms with Gasteiger partial charge in [-0.1, -0.05) is 171 Å². The van der Waals surface area contributed by atoms with Crippen molar-refractivity contribution < 1.29 is 9.53 Å². The van der Waals surface area contributed by atoms with Crippen LogP contribution < -0.4 is 4.74 Å². The third-order valence-corrected chi connectivity index (χ3v) is 7.18. The summed E-state index contributed by atoms with van der Waals surface area (Å²) >= 11 is 0. The molecule has 0 unspecified atom stereocenters. The van der Waals surface area contributed by atoms with Gasteiger partial charge in [-0.3, -0.25) is 4.79 Å². The fourth-order valence-corrected chi connectivity index (χ4v) is 4.93. The number of para-hydroxylation sites is 1. The quantitative estimate of drug-likeness (QED) is 0.0927. The zero-order chi connectivity index (χ0) is 25.5. The maximum absolute atomic E-state index is 12.4. The first-order valence-corrected chi connectivity index (χ1v) is 15.2. The lowest BCUT2D eigenvalue weighted by molar-refractivity contribution is -0.134. The summed E-state index contributed by atoms with van der Waals surface area (Å²) in [6, 6.07) is 17.9. The van der Waals surface area contributed by atoms with Gasteiger partial charge in [0.1, 0.15) is 5.75 Å². The first-order chi connectivity index (χ1) is 17.8. The molecule has 0 fully saturated rings. The van der Waals surface area contributed by atoms with Crippen molar-refractivity contribution >= 4 is 5.97 Å². The van der Waals surface area contributed by atoms with E-state index in [1.54, 1.807) is 0 Å². The number of rotatable bonds is 22. The van der Waals surface area contributed by atoms with Crippen molar-refractivity contribution in [2.45, 2.75) is 135 Å². The van der Waals surface area contributed by atoms with E-state index in [2.05, 4.69) is 6.92 Å². The Balaban J connectivity index is 1.38. The summed E-state index contributed by atoms with van der Waals surface area (Å²) in [5.41, 5.74) is 2.05. The van der Waals surface area contributed by atoms with Crippen LogP contribution in [-0.2, 0) is 4.79 Å². The van der Waals surface area contributed by atoms with Crippen molar-refractivity contribution in [1.82, 2.24) is 0 Å². The van der Waals surface area contributed by atoms with Crippen molar-refractivity contribution in [2.75, 3.05) is 0 Å². The second-order valence-electron chi connectivity index (χ2n) is 10.5. The van der Waals surface area contributed by atoms with E-state index < -0.39 is 0 Å². The Morgan fingerprint density at radius 3 is 1.44 bits per heavy atom. The predicted molar refractivity (Wildman–Crippen MR) is 156 cm³/mol. The highest BCUT2D eigenvalue weighted by atomic mass is 16.5. The largest absolute Gasteiger partial charge is 0.426 e. The lowest BCUT2D eigenvalue weighted by Crippen LogP contribution is -2.08. The standard InChI is InChI=1S/C34H52O2/c1-2-3-4-5-6-7-8-9-10-11-12-13-14-15-16-17-18-19-23-30-34(35)36-33-29-25-24-28-32(33)31-26-21-20-22-27-31/h20-22,24-29H,2-19,23,30H2,1H3. The van der Waals surface area contributed by atoms with E-state index in [-0.39, 0.29) is 5.97 Å².